The molecular weight excluding hydrogens is 412 g/mol. The van der Waals surface area contributed by atoms with Crippen LogP contribution in [-0.2, 0) is 20.6 Å². The summed E-state index contributed by atoms with van der Waals surface area (Å²) in [6, 6.07) is 4.98. The number of ether oxygens (including phenoxy) is 3. The zero-order chi connectivity index (χ0) is 24.3. The van der Waals surface area contributed by atoms with E-state index in [4.69, 9.17) is 14.2 Å². The maximum absolute atomic E-state index is 12.2. The van der Waals surface area contributed by atoms with Crippen molar-refractivity contribution in [2.75, 3.05) is 46.9 Å². The highest BCUT2D eigenvalue weighted by Gasteiger charge is 2.25. The zero-order valence-corrected chi connectivity index (χ0v) is 20.5. The van der Waals surface area contributed by atoms with E-state index >= 15 is 0 Å². The van der Waals surface area contributed by atoms with Crippen molar-refractivity contribution in [3.63, 3.8) is 0 Å². The molecule has 1 aliphatic rings. The highest BCUT2D eigenvalue weighted by atomic mass is 16.6. The zero-order valence-electron chi connectivity index (χ0n) is 20.5. The van der Waals surface area contributed by atoms with Gasteiger partial charge >= 0.3 is 18.0 Å². The quantitative estimate of drug-likeness (QED) is 0.482. The molecule has 1 amide bonds. The second kappa shape index (κ2) is 13.1. The molecule has 8 nitrogen and oxygen atoms in total. The lowest BCUT2D eigenvalue weighted by molar-refractivity contribution is 0.0144. The predicted octanol–water partition coefficient (Wildman–Crippen LogP) is 3.77. The van der Waals surface area contributed by atoms with Crippen LogP contribution in [0.1, 0.15) is 67.3 Å². The summed E-state index contributed by atoms with van der Waals surface area (Å²) in [5, 5.41) is 0. The largest absolute Gasteiger partial charge is 0.465 e. The Hall–Kier alpha value is -2.61. The third-order valence-corrected chi connectivity index (χ3v) is 4.80. The van der Waals surface area contributed by atoms with Crippen LogP contribution in [-0.4, -0.2) is 80.4 Å². The van der Waals surface area contributed by atoms with Gasteiger partial charge in [-0.3, -0.25) is 4.90 Å². The Bertz CT molecular complexity index is 730. The van der Waals surface area contributed by atoms with Crippen LogP contribution >= 0.6 is 0 Å². The third-order valence-electron chi connectivity index (χ3n) is 4.80. The molecule has 180 valence electrons. The van der Waals surface area contributed by atoms with E-state index in [9.17, 15) is 14.4 Å². The summed E-state index contributed by atoms with van der Waals surface area (Å²) >= 11 is 0. The summed E-state index contributed by atoms with van der Waals surface area (Å²) < 4.78 is 15.0. The minimum absolute atomic E-state index is 0.267. The van der Waals surface area contributed by atoms with Crippen molar-refractivity contribution in [3.05, 3.63) is 34.9 Å². The predicted molar refractivity (Wildman–Crippen MR) is 123 cm³/mol. The molecule has 0 aliphatic carbocycles. The Balaban J connectivity index is 0.00000249. The van der Waals surface area contributed by atoms with Gasteiger partial charge in [0.05, 0.1) is 25.3 Å². The van der Waals surface area contributed by atoms with Crippen molar-refractivity contribution in [1.82, 2.24) is 9.80 Å². The number of amides is 1. The third kappa shape index (κ3) is 8.86. The molecule has 32 heavy (non-hydrogen) atoms. The molecule has 8 heteroatoms. The summed E-state index contributed by atoms with van der Waals surface area (Å²) in [4.78, 5) is 40.0. The second-order valence-corrected chi connectivity index (χ2v) is 8.31. The van der Waals surface area contributed by atoms with Gasteiger partial charge in [-0.2, -0.15) is 0 Å². The van der Waals surface area contributed by atoms with Gasteiger partial charge in [-0.05, 0) is 63.9 Å². The highest BCUT2D eigenvalue weighted by molar-refractivity contribution is 5.95. The molecule has 0 N–H and O–H groups in total. The van der Waals surface area contributed by atoms with Gasteiger partial charge in [-0.1, -0.05) is 13.8 Å². The van der Waals surface area contributed by atoms with E-state index in [-0.39, 0.29) is 6.09 Å². The molecule has 1 aromatic rings. The lowest BCUT2D eigenvalue weighted by atomic mass is 10.0. The van der Waals surface area contributed by atoms with Gasteiger partial charge in [0.25, 0.3) is 0 Å². The first-order valence-electron chi connectivity index (χ1n) is 11.1. The van der Waals surface area contributed by atoms with Crippen LogP contribution in [0, 0.1) is 0 Å². The molecule has 1 aromatic carbocycles. The number of carbonyl (C=O) groups is 3. The highest BCUT2D eigenvalue weighted by Crippen LogP contribution is 2.16. The first-order valence-corrected chi connectivity index (χ1v) is 11.1. The first-order chi connectivity index (χ1) is 15.1. The number of esters is 2. The van der Waals surface area contributed by atoms with E-state index in [0.717, 1.165) is 31.6 Å². The lowest BCUT2D eigenvalue weighted by Crippen LogP contribution is -2.50. The Morgan fingerprint density at radius 2 is 1.38 bits per heavy atom. The number of nitrogens with zero attached hydrogens (tertiary/aromatic N) is 2. The number of hydrogen-bond donors (Lipinski definition) is 0. The summed E-state index contributed by atoms with van der Waals surface area (Å²) in [6.07, 6.45) is 1.30. The summed E-state index contributed by atoms with van der Waals surface area (Å²) in [6.45, 7) is 13.3. The minimum atomic E-state index is -0.490. The maximum atomic E-state index is 12.2. The van der Waals surface area contributed by atoms with Crippen molar-refractivity contribution in [2.24, 2.45) is 0 Å². The van der Waals surface area contributed by atoms with Crippen LogP contribution in [0.5, 0.6) is 0 Å². The number of hydrogen-bond acceptors (Lipinski definition) is 7. The van der Waals surface area contributed by atoms with Gasteiger partial charge in [0, 0.05) is 26.2 Å². The summed E-state index contributed by atoms with van der Waals surface area (Å²) in [5.74, 6) is -0.972. The summed E-state index contributed by atoms with van der Waals surface area (Å²) in [7, 11) is 2.62. The Morgan fingerprint density at radius 1 is 0.875 bits per heavy atom. The fourth-order valence-electron chi connectivity index (χ4n) is 3.30. The second-order valence-electron chi connectivity index (χ2n) is 8.31. The van der Waals surface area contributed by atoms with E-state index in [2.05, 4.69) is 4.90 Å². The normalized spacial score (nSPS) is 14.2. The van der Waals surface area contributed by atoms with Crippen LogP contribution in [0.4, 0.5) is 4.79 Å². The molecular formula is C24H38N2O6. The van der Waals surface area contributed by atoms with Crippen LogP contribution in [0.15, 0.2) is 18.2 Å². The van der Waals surface area contributed by atoms with E-state index in [1.807, 2.05) is 34.6 Å². The number of carbonyl (C=O) groups excluding carboxylic acids is 3. The Labute approximate surface area is 191 Å². The van der Waals surface area contributed by atoms with E-state index in [0.29, 0.717) is 30.6 Å². The number of methoxy groups -OCH3 is 2. The van der Waals surface area contributed by atoms with E-state index in [1.165, 1.54) is 20.3 Å². The van der Waals surface area contributed by atoms with E-state index in [1.54, 1.807) is 17.0 Å². The molecule has 0 saturated carbocycles. The van der Waals surface area contributed by atoms with Crippen molar-refractivity contribution in [3.8, 4) is 0 Å². The average Bonchev–Trinajstić information content (AvgIpc) is 2.78. The molecule has 0 radical (unpaired) electrons. The van der Waals surface area contributed by atoms with E-state index < -0.39 is 17.5 Å². The van der Waals surface area contributed by atoms with Gasteiger partial charge in [0.1, 0.15) is 5.60 Å². The Morgan fingerprint density at radius 3 is 1.81 bits per heavy atom. The van der Waals surface area contributed by atoms with Crippen LogP contribution in [0.2, 0.25) is 0 Å². The van der Waals surface area contributed by atoms with Gasteiger partial charge in [-0.25, -0.2) is 14.4 Å². The van der Waals surface area contributed by atoms with Crippen molar-refractivity contribution < 1.29 is 28.6 Å². The van der Waals surface area contributed by atoms with Gasteiger partial charge < -0.3 is 19.1 Å². The summed E-state index contributed by atoms with van der Waals surface area (Å²) in [5.41, 5.74) is 1.06. The van der Waals surface area contributed by atoms with Gasteiger partial charge in [0.15, 0.2) is 0 Å². The fraction of sp³-hybridized carbons (Fsp3) is 0.625. The smallest absolute Gasteiger partial charge is 0.410 e. The number of rotatable bonds is 6. The average molecular weight is 451 g/mol. The van der Waals surface area contributed by atoms with Crippen LogP contribution < -0.4 is 0 Å². The van der Waals surface area contributed by atoms with Gasteiger partial charge in [0.2, 0.25) is 0 Å². The lowest BCUT2D eigenvalue weighted by Gasteiger charge is -2.35. The standard InChI is InChI=1S/C22H32N2O6.C2H6/c1-22(2,3)30-21(27)24-11-9-23(10-12-24)8-6-7-16-13-17(19(25)28-4)15-18(14-16)20(26)29-5;1-2/h13-15H,6-12H2,1-5H3;1-2H3. The molecule has 1 heterocycles. The van der Waals surface area contributed by atoms with Crippen molar-refractivity contribution in [2.45, 2.75) is 53.1 Å². The molecule has 1 saturated heterocycles. The number of piperazine rings is 1. The molecule has 0 atom stereocenters. The molecule has 1 aliphatic heterocycles. The molecule has 0 unspecified atom stereocenters. The Kier molecular flexibility index (Phi) is 11.2. The molecule has 0 aromatic heterocycles. The fourth-order valence-corrected chi connectivity index (χ4v) is 3.30. The monoisotopic (exact) mass is 450 g/mol. The molecule has 0 spiro atoms. The van der Waals surface area contributed by atoms with Gasteiger partial charge in [-0.15, -0.1) is 0 Å². The molecule has 2 rings (SSSR count). The van der Waals surface area contributed by atoms with Crippen LogP contribution in [0.3, 0.4) is 0 Å². The first kappa shape index (κ1) is 27.4. The molecule has 0 bridgehead atoms. The van der Waals surface area contributed by atoms with Crippen molar-refractivity contribution in [1.29, 1.82) is 0 Å². The molecule has 1 fully saturated rings. The minimum Gasteiger partial charge on any atom is -0.465 e. The topological polar surface area (TPSA) is 85.4 Å². The SMILES string of the molecule is CC.COC(=O)c1cc(CCCN2CCN(C(=O)OC(C)(C)C)CC2)cc(C(=O)OC)c1. The maximum Gasteiger partial charge on any atom is 0.410 e. The van der Waals surface area contributed by atoms with Crippen LogP contribution in [0.25, 0.3) is 0 Å². The number of aryl methyl sites for hydroxylation is 1. The number of benzene rings is 1. The van der Waals surface area contributed by atoms with Crippen molar-refractivity contribution >= 4 is 18.0 Å².